The van der Waals surface area contributed by atoms with Crippen molar-refractivity contribution in [1.29, 1.82) is 0 Å². The third-order valence-electron chi connectivity index (χ3n) is 3.93. The van der Waals surface area contributed by atoms with Gasteiger partial charge in [0.25, 0.3) is 5.91 Å². The number of rotatable bonds is 3. The SMILES string of the molecule is COc1cc(N)c(C(=O)N2CCCC2(C)C)cc1OC. The van der Waals surface area contributed by atoms with E-state index in [0.717, 1.165) is 19.4 Å². The standard InChI is InChI=1S/C15H22N2O3/c1-15(2)6-5-7-17(15)14(18)10-8-12(19-3)13(20-4)9-11(10)16/h8-9H,5-7,16H2,1-4H3. The number of amides is 1. The molecule has 0 spiro atoms. The summed E-state index contributed by atoms with van der Waals surface area (Å²) >= 11 is 0. The van der Waals surface area contributed by atoms with Crippen LogP contribution < -0.4 is 15.2 Å². The number of hydrogen-bond acceptors (Lipinski definition) is 4. The van der Waals surface area contributed by atoms with Crippen LogP contribution in [0.15, 0.2) is 12.1 Å². The summed E-state index contributed by atoms with van der Waals surface area (Å²) in [6, 6.07) is 3.29. The Morgan fingerprint density at radius 3 is 2.35 bits per heavy atom. The number of nitrogen functional groups attached to an aromatic ring is 1. The molecule has 1 aliphatic rings. The molecule has 5 nitrogen and oxygen atoms in total. The summed E-state index contributed by atoms with van der Waals surface area (Å²) in [5.41, 5.74) is 6.75. The summed E-state index contributed by atoms with van der Waals surface area (Å²) in [5, 5.41) is 0. The average molecular weight is 278 g/mol. The molecule has 2 N–H and O–H groups in total. The number of likely N-dealkylation sites (tertiary alicyclic amines) is 1. The lowest BCUT2D eigenvalue weighted by molar-refractivity contribution is 0.0652. The van der Waals surface area contributed by atoms with E-state index in [2.05, 4.69) is 13.8 Å². The van der Waals surface area contributed by atoms with Crippen LogP contribution in [-0.2, 0) is 0 Å². The third-order valence-corrected chi connectivity index (χ3v) is 3.93. The second-order valence-electron chi connectivity index (χ2n) is 5.67. The fourth-order valence-corrected chi connectivity index (χ4v) is 2.71. The number of carbonyl (C=O) groups excluding carboxylic acids is 1. The molecule has 1 amide bonds. The lowest BCUT2D eigenvalue weighted by Gasteiger charge is -2.32. The van der Waals surface area contributed by atoms with Gasteiger partial charge in [0.1, 0.15) is 0 Å². The van der Waals surface area contributed by atoms with E-state index in [4.69, 9.17) is 15.2 Å². The molecule has 0 atom stereocenters. The van der Waals surface area contributed by atoms with Gasteiger partial charge in [-0.3, -0.25) is 4.79 Å². The Kier molecular flexibility index (Phi) is 3.79. The molecule has 2 rings (SSSR count). The van der Waals surface area contributed by atoms with Crippen LogP contribution in [0.2, 0.25) is 0 Å². The van der Waals surface area contributed by atoms with Gasteiger partial charge in [-0.15, -0.1) is 0 Å². The van der Waals surface area contributed by atoms with Gasteiger partial charge in [-0.25, -0.2) is 0 Å². The van der Waals surface area contributed by atoms with Gasteiger partial charge in [-0.2, -0.15) is 0 Å². The quantitative estimate of drug-likeness (QED) is 0.862. The monoisotopic (exact) mass is 278 g/mol. The number of carbonyl (C=O) groups is 1. The Morgan fingerprint density at radius 2 is 1.85 bits per heavy atom. The van der Waals surface area contributed by atoms with Crippen molar-refractivity contribution in [3.63, 3.8) is 0 Å². The number of methoxy groups -OCH3 is 2. The van der Waals surface area contributed by atoms with Crippen LogP contribution in [-0.4, -0.2) is 37.1 Å². The van der Waals surface area contributed by atoms with Crippen LogP contribution >= 0.6 is 0 Å². The maximum absolute atomic E-state index is 12.7. The Labute approximate surface area is 119 Å². The summed E-state index contributed by atoms with van der Waals surface area (Å²) in [6.45, 7) is 4.92. The van der Waals surface area contributed by atoms with E-state index < -0.39 is 0 Å². The minimum absolute atomic E-state index is 0.0500. The summed E-state index contributed by atoms with van der Waals surface area (Å²) in [4.78, 5) is 14.6. The molecule has 0 radical (unpaired) electrons. The summed E-state index contributed by atoms with van der Waals surface area (Å²) < 4.78 is 10.4. The van der Waals surface area contributed by atoms with Crippen LogP contribution in [0, 0.1) is 0 Å². The van der Waals surface area contributed by atoms with Crippen molar-refractivity contribution in [2.45, 2.75) is 32.2 Å². The number of nitrogens with zero attached hydrogens (tertiary/aromatic N) is 1. The van der Waals surface area contributed by atoms with Crippen molar-refractivity contribution < 1.29 is 14.3 Å². The minimum Gasteiger partial charge on any atom is -0.493 e. The zero-order chi connectivity index (χ0) is 14.9. The fourth-order valence-electron chi connectivity index (χ4n) is 2.71. The fraction of sp³-hybridized carbons (Fsp3) is 0.533. The maximum atomic E-state index is 12.7. The van der Waals surface area contributed by atoms with Crippen molar-refractivity contribution in [3.05, 3.63) is 17.7 Å². The molecular formula is C15H22N2O3. The molecule has 1 heterocycles. The normalized spacial score (nSPS) is 17.1. The zero-order valence-corrected chi connectivity index (χ0v) is 12.5. The van der Waals surface area contributed by atoms with E-state index in [9.17, 15) is 4.79 Å². The van der Waals surface area contributed by atoms with Crippen molar-refractivity contribution in [2.75, 3.05) is 26.5 Å². The Bertz CT molecular complexity index is 526. The van der Waals surface area contributed by atoms with Gasteiger partial charge in [0.2, 0.25) is 0 Å². The van der Waals surface area contributed by atoms with Gasteiger partial charge in [-0.1, -0.05) is 0 Å². The van der Waals surface area contributed by atoms with E-state index in [0.29, 0.717) is 22.7 Å². The zero-order valence-electron chi connectivity index (χ0n) is 12.5. The molecule has 0 aromatic heterocycles. The molecule has 1 aliphatic heterocycles. The van der Waals surface area contributed by atoms with Crippen LogP contribution in [0.3, 0.4) is 0 Å². The Balaban J connectivity index is 2.40. The van der Waals surface area contributed by atoms with Gasteiger partial charge >= 0.3 is 0 Å². The minimum atomic E-state index is -0.128. The van der Waals surface area contributed by atoms with Crippen LogP contribution in [0.5, 0.6) is 11.5 Å². The van der Waals surface area contributed by atoms with Crippen LogP contribution in [0.4, 0.5) is 5.69 Å². The number of nitrogens with two attached hydrogens (primary N) is 1. The molecule has 1 aromatic rings. The summed E-state index contributed by atoms with van der Waals surface area (Å²) in [5.74, 6) is 0.996. The molecule has 0 unspecified atom stereocenters. The molecule has 0 saturated carbocycles. The number of benzene rings is 1. The van der Waals surface area contributed by atoms with E-state index in [-0.39, 0.29) is 11.4 Å². The molecule has 0 bridgehead atoms. The van der Waals surface area contributed by atoms with Crippen LogP contribution in [0.1, 0.15) is 37.0 Å². The van der Waals surface area contributed by atoms with E-state index in [1.807, 2.05) is 4.90 Å². The van der Waals surface area contributed by atoms with Gasteiger partial charge in [0, 0.05) is 23.8 Å². The molecule has 110 valence electrons. The molecule has 20 heavy (non-hydrogen) atoms. The smallest absolute Gasteiger partial charge is 0.256 e. The van der Waals surface area contributed by atoms with Crippen molar-refractivity contribution in [2.24, 2.45) is 0 Å². The largest absolute Gasteiger partial charge is 0.493 e. The molecule has 0 aliphatic carbocycles. The highest BCUT2D eigenvalue weighted by Gasteiger charge is 2.36. The first-order chi connectivity index (χ1) is 9.40. The van der Waals surface area contributed by atoms with E-state index >= 15 is 0 Å². The lowest BCUT2D eigenvalue weighted by atomic mass is 10.0. The number of hydrogen-bond donors (Lipinski definition) is 1. The maximum Gasteiger partial charge on any atom is 0.256 e. The number of anilines is 1. The van der Waals surface area contributed by atoms with Gasteiger partial charge in [-0.05, 0) is 32.8 Å². The summed E-state index contributed by atoms with van der Waals surface area (Å²) in [6.07, 6.45) is 2.03. The van der Waals surface area contributed by atoms with Crippen LogP contribution in [0.25, 0.3) is 0 Å². The van der Waals surface area contributed by atoms with Gasteiger partial charge in [0.15, 0.2) is 11.5 Å². The van der Waals surface area contributed by atoms with Crippen molar-refractivity contribution >= 4 is 11.6 Å². The Hall–Kier alpha value is -1.91. The van der Waals surface area contributed by atoms with Gasteiger partial charge in [0.05, 0.1) is 19.8 Å². The number of ether oxygens (including phenoxy) is 2. The lowest BCUT2D eigenvalue weighted by Crippen LogP contribution is -2.42. The molecule has 1 fully saturated rings. The van der Waals surface area contributed by atoms with Gasteiger partial charge < -0.3 is 20.1 Å². The highest BCUT2D eigenvalue weighted by molar-refractivity contribution is 6.00. The predicted octanol–water partition coefficient (Wildman–Crippen LogP) is 2.30. The summed E-state index contributed by atoms with van der Waals surface area (Å²) in [7, 11) is 3.09. The molecule has 5 heteroatoms. The predicted molar refractivity (Wildman–Crippen MR) is 78.3 cm³/mol. The third kappa shape index (κ3) is 2.40. The topological polar surface area (TPSA) is 64.8 Å². The second kappa shape index (κ2) is 5.23. The Morgan fingerprint density at radius 1 is 1.25 bits per heavy atom. The van der Waals surface area contributed by atoms with E-state index in [1.165, 1.54) is 0 Å². The van der Waals surface area contributed by atoms with Crippen molar-refractivity contribution in [3.8, 4) is 11.5 Å². The van der Waals surface area contributed by atoms with E-state index in [1.54, 1.807) is 26.4 Å². The molecular weight excluding hydrogens is 256 g/mol. The molecule has 1 saturated heterocycles. The highest BCUT2D eigenvalue weighted by Crippen LogP contribution is 2.35. The first-order valence-corrected chi connectivity index (χ1v) is 6.74. The highest BCUT2D eigenvalue weighted by atomic mass is 16.5. The second-order valence-corrected chi connectivity index (χ2v) is 5.67. The first-order valence-electron chi connectivity index (χ1n) is 6.74. The average Bonchev–Trinajstić information content (AvgIpc) is 2.77. The van der Waals surface area contributed by atoms with Crippen molar-refractivity contribution in [1.82, 2.24) is 4.90 Å². The first kappa shape index (κ1) is 14.5. The molecule has 1 aromatic carbocycles.